The molecule has 1 aliphatic carbocycles. The number of nitrogens with one attached hydrogen (secondary N) is 1. The predicted octanol–water partition coefficient (Wildman–Crippen LogP) is 3.66. The summed E-state index contributed by atoms with van der Waals surface area (Å²) in [6.45, 7) is 8.52. The molecule has 2 aliphatic rings. The van der Waals surface area contributed by atoms with Crippen LogP contribution in [0.2, 0.25) is 0 Å². The quantitative estimate of drug-likeness (QED) is 0.861. The first-order valence-corrected chi connectivity index (χ1v) is 9.01. The molecular weight excluding hydrogens is 276 g/mol. The van der Waals surface area contributed by atoms with E-state index in [-0.39, 0.29) is 6.09 Å². The molecule has 0 spiro atoms. The number of ether oxygens (including phenoxy) is 1. The highest BCUT2D eigenvalue weighted by molar-refractivity contribution is 5.68. The summed E-state index contributed by atoms with van der Waals surface area (Å²) in [5.41, 5.74) is -0.406. The van der Waals surface area contributed by atoms with Crippen molar-refractivity contribution in [1.82, 2.24) is 10.2 Å². The molecule has 0 aromatic heterocycles. The van der Waals surface area contributed by atoms with Crippen LogP contribution in [0.15, 0.2) is 0 Å². The van der Waals surface area contributed by atoms with Gasteiger partial charge >= 0.3 is 6.09 Å². The highest BCUT2D eigenvalue weighted by atomic mass is 16.6. The Bertz CT molecular complexity index is 359. The summed E-state index contributed by atoms with van der Waals surface area (Å²) < 4.78 is 5.55. The first-order chi connectivity index (χ1) is 10.4. The van der Waals surface area contributed by atoms with Crippen molar-refractivity contribution in [1.29, 1.82) is 0 Å². The van der Waals surface area contributed by atoms with Gasteiger partial charge in [0.2, 0.25) is 0 Å². The molecule has 0 bridgehead atoms. The maximum Gasteiger partial charge on any atom is 0.410 e. The molecule has 1 saturated heterocycles. The monoisotopic (exact) mass is 310 g/mol. The van der Waals surface area contributed by atoms with E-state index in [1.165, 1.54) is 38.5 Å². The van der Waals surface area contributed by atoms with Gasteiger partial charge in [-0.25, -0.2) is 4.79 Å². The summed E-state index contributed by atoms with van der Waals surface area (Å²) in [5.74, 6) is 2.07. The maximum atomic E-state index is 12.3. The van der Waals surface area contributed by atoms with Gasteiger partial charge in [-0.05, 0) is 58.5 Å². The number of carbonyl (C=O) groups is 1. The molecule has 1 heterocycles. The van der Waals surface area contributed by atoms with Crippen LogP contribution >= 0.6 is 0 Å². The van der Waals surface area contributed by atoms with Crippen molar-refractivity contribution in [2.45, 2.75) is 64.9 Å². The standard InChI is InChI=1S/C18H34N2O2/c1-18(2,3)22-17(21)20-12-15(16(13-20)11-19-4)10-14-8-6-5-7-9-14/h14-16,19H,5-13H2,1-4H3. The molecule has 2 rings (SSSR count). The number of nitrogens with zero attached hydrogens (tertiary/aromatic N) is 1. The zero-order valence-corrected chi connectivity index (χ0v) is 14.9. The van der Waals surface area contributed by atoms with Crippen LogP contribution < -0.4 is 5.32 Å². The highest BCUT2D eigenvalue weighted by Gasteiger charge is 2.37. The second kappa shape index (κ2) is 7.67. The van der Waals surface area contributed by atoms with Crippen molar-refractivity contribution in [3.05, 3.63) is 0 Å². The minimum Gasteiger partial charge on any atom is -0.444 e. The number of hydrogen-bond acceptors (Lipinski definition) is 3. The molecule has 0 aromatic carbocycles. The first-order valence-electron chi connectivity index (χ1n) is 9.01. The van der Waals surface area contributed by atoms with Crippen LogP contribution in [0.3, 0.4) is 0 Å². The molecular formula is C18H34N2O2. The zero-order chi connectivity index (χ0) is 16.2. The molecule has 1 N–H and O–H groups in total. The average Bonchev–Trinajstić information content (AvgIpc) is 2.82. The van der Waals surface area contributed by atoms with E-state index in [9.17, 15) is 4.79 Å². The Morgan fingerprint density at radius 3 is 2.36 bits per heavy atom. The summed E-state index contributed by atoms with van der Waals surface area (Å²) in [6.07, 6.45) is 8.11. The molecule has 1 amide bonds. The fraction of sp³-hybridized carbons (Fsp3) is 0.944. The summed E-state index contributed by atoms with van der Waals surface area (Å²) in [7, 11) is 2.01. The summed E-state index contributed by atoms with van der Waals surface area (Å²) in [5, 5.41) is 3.31. The Kier molecular flexibility index (Phi) is 6.13. The lowest BCUT2D eigenvalue weighted by Crippen LogP contribution is -2.36. The lowest BCUT2D eigenvalue weighted by Gasteiger charge is -2.27. The Labute approximate surface area is 136 Å². The summed E-state index contributed by atoms with van der Waals surface area (Å²) in [6, 6.07) is 0. The summed E-state index contributed by atoms with van der Waals surface area (Å²) >= 11 is 0. The van der Waals surface area contributed by atoms with E-state index in [4.69, 9.17) is 4.74 Å². The topological polar surface area (TPSA) is 41.6 Å². The molecule has 1 aliphatic heterocycles. The largest absolute Gasteiger partial charge is 0.444 e. The number of rotatable bonds is 4. The second-order valence-electron chi connectivity index (χ2n) is 8.20. The fourth-order valence-electron chi connectivity index (χ4n) is 4.03. The normalized spacial score (nSPS) is 27.2. The molecule has 0 radical (unpaired) electrons. The van der Waals surface area contributed by atoms with Crippen molar-refractivity contribution in [2.24, 2.45) is 17.8 Å². The van der Waals surface area contributed by atoms with Crippen molar-refractivity contribution >= 4 is 6.09 Å². The Balaban J connectivity index is 1.91. The van der Waals surface area contributed by atoms with Gasteiger partial charge in [0.25, 0.3) is 0 Å². The van der Waals surface area contributed by atoms with Gasteiger partial charge in [-0.2, -0.15) is 0 Å². The molecule has 2 fully saturated rings. The van der Waals surface area contributed by atoms with Gasteiger partial charge in [-0.15, -0.1) is 0 Å². The van der Waals surface area contributed by atoms with Crippen LogP contribution in [0.4, 0.5) is 4.79 Å². The number of amides is 1. The van der Waals surface area contributed by atoms with Gasteiger partial charge < -0.3 is 15.0 Å². The van der Waals surface area contributed by atoms with E-state index in [1.807, 2.05) is 32.7 Å². The van der Waals surface area contributed by atoms with Crippen molar-refractivity contribution in [2.75, 3.05) is 26.7 Å². The van der Waals surface area contributed by atoms with Crippen LogP contribution in [-0.4, -0.2) is 43.3 Å². The zero-order valence-electron chi connectivity index (χ0n) is 14.9. The first kappa shape index (κ1) is 17.6. The van der Waals surface area contributed by atoms with E-state index < -0.39 is 5.60 Å². The fourth-order valence-corrected chi connectivity index (χ4v) is 4.03. The van der Waals surface area contributed by atoms with Gasteiger partial charge in [-0.3, -0.25) is 0 Å². The molecule has 22 heavy (non-hydrogen) atoms. The van der Waals surface area contributed by atoms with Crippen LogP contribution in [0.25, 0.3) is 0 Å². The van der Waals surface area contributed by atoms with Gasteiger partial charge in [0.1, 0.15) is 5.60 Å². The lowest BCUT2D eigenvalue weighted by molar-refractivity contribution is 0.0282. The Morgan fingerprint density at radius 2 is 1.77 bits per heavy atom. The SMILES string of the molecule is CNCC1CN(C(=O)OC(C)(C)C)CC1CC1CCCCC1. The van der Waals surface area contributed by atoms with E-state index in [2.05, 4.69) is 5.32 Å². The number of likely N-dealkylation sites (tertiary alicyclic amines) is 1. The Hall–Kier alpha value is -0.770. The number of hydrogen-bond donors (Lipinski definition) is 1. The van der Waals surface area contributed by atoms with E-state index in [0.29, 0.717) is 11.8 Å². The molecule has 4 nitrogen and oxygen atoms in total. The van der Waals surface area contributed by atoms with Gasteiger partial charge in [0.15, 0.2) is 0 Å². The van der Waals surface area contributed by atoms with Crippen LogP contribution in [0.1, 0.15) is 59.3 Å². The van der Waals surface area contributed by atoms with E-state index >= 15 is 0 Å². The Morgan fingerprint density at radius 1 is 1.14 bits per heavy atom. The molecule has 1 saturated carbocycles. The third-order valence-corrected chi connectivity index (χ3v) is 5.06. The predicted molar refractivity (Wildman–Crippen MR) is 89.9 cm³/mol. The molecule has 2 unspecified atom stereocenters. The molecule has 0 aromatic rings. The van der Waals surface area contributed by atoms with Gasteiger partial charge in [-0.1, -0.05) is 32.1 Å². The second-order valence-corrected chi connectivity index (χ2v) is 8.20. The average molecular weight is 310 g/mol. The lowest BCUT2D eigenvalue weighted by atomic mass is 9.79. The molecule has 2 atom stereocenters. The number of carbonyl (C=O) groups excluding carboxylic acids is 1. The van der Waals surface area contributed by atoms with E-state index in [0.717, 1.165) is 25.6 Å². The third kappa shape index (κ3) is 5.15. The molecule has 4 heteroatoms. The minimum absolute atomic E-state index is 0.139. The smallest absolute Gasteiger partial charge is 0.410 e. The van der Waals surface area contributed by atoms with Gasteiger partial charge in [0, 0.05) is 13.1 Å². The van der Waals surface area contributed by atoms with Gasteiger partial charge in [0.05, 0.1) is 0 Å². The molecule has 128 valence electrons. The van der Waals surface area contributed by atoms with Crippen LogP contribution in [-0.2, 0) is 4.74 Å². The van der Waals surface area contributed by atoms with Crippen molar-refractivity contribution in [3.8, 4) is 0 Å². The van der Waals surface area contributed by atoms with Crippen LogP contribution in [0, 0.1) is 17.8 Å². The third-order valence-electron chi connectivity index (χ3n) is 5.06. The maximum absolute atomic E-state index is 12.3. The van der Waals surface area contributed by atoms with Crippen molar-refractivity contribution in [3.63, 3.8) is 0 Å². The summed E-state index contributed by atoms with van der Waals surface area (Å²) in [4.78, 5) is 14.3. The minimum atomic E-state index is -0.406. The van der Waals surface area contributed by atoms with Crippen molar-refractivity contribution < 1.29 is 9.53 Å². The highest BCUT2D eigenvalue weighted by Crippen LogP contribution is 2.35. The van der Waals surface area contributed by atoms with Crippen LogP contribution in [0.5, 0.6) is 0 Å². The van der Waals surface area contributed by atoms with E-state index in [1.54, 1.807) is 0 Å².